The molecular weight excluding hydrogens is 314 g/mol. The first-order chi connectivity index (χ1) is 12.0. The minimum Gasteiger partial charge on any atom is -0.354 e. The number of hydrogen-bond donors (Lipinski definition) is 2. The van der Waals surface area contributed by atoms with Gasteiger partial charge in [0.05, 0.1) is 12.5 Å². The topological polar surface area (TPSA) is 61.4 Å². The predicted octanol–water partition coefficient (Wildman–Crippen LogP) is 2.05. The standard InChI is InChI=1S/C20H25N3O2/c1-14(2)22-19(24)12-18-20(25)21-9-10-23(18)13-15-7-8-16-5-3-4-6-17(16)11-15/h3-8,11,14,18H,9-10,12-13H2,1-2H3,(H,21,25)(H,22,24). The molecule has 1 saturated heterocycles. The van der Waals surface area contributed by atoms with Crippen molar-refractivity contribution in [2.75, 3.05) is 13.1 Å². The highest BCUT2D eigenvalue weighted by Crippen LogP contribution is 2.19. The van der Waals surface area contributed by atoms with Gasteiger partial charge >= 0.3 is 0 Å². The minimum atomic E-state index is -0.418. The van der Waals surface area contributed by atoms with Crippen LogP contribution in [0.4, 0.5) is 0 Å². The molecule has 1 heterocycles. The molecule has 2 aromatic carbocycles. The second-order valence-electron chi connectivity index (χ2n) is 6.89. The van der Waals surface area contributed by atoms with Gasteiger partial charge in [-0.3, -0.25) is 14.5 Å². The van der Waals surface area contributed by atoms with Crippen LogP contribution in [-0.2, 0) is 16.1 Å². The largest absolute Gasteiger partial charge is 0.354 e. The summed E-state index contributed by atoms with van der Waals surface area (Å²) in [5, 5.41) is 8.14. The van der Waals surface area contributed by atoms with Gasteiger partial charge in [-0.15, -0.1) is 0 Å². The van der Waals surface area contributed by atoms with Crippen LogP contribution in [0.1, 0.15) is 25.8 Å². The molecule has 1 fully saturated rings. The van der Waals surface area contributed by atoms with E-state index in [2.05, 4.69) is 45.9 Å². The number of nitrogens with one attached hydrogen (secondary N) is 2. The van der Waals surface area contributed by atoms with Crippen molar-refractivity contribution in [3.63, 3.8) is 0 Å². The number of amides is 2. The van der Waals surface area contributed by atoms with E-state index in [1.165, 1.54) is 10.8 Å². The first-order valence-electron chi connectivity index (χ1n) is 8.82. The Hall–Kier alpha value is -2.40. The van der Waals surface area contributed by atoms with Crippen LogP contribution >= 0.6 is 0 Å². The molecule has 0 aliphatic carbocycles. The lowest BCUT2D eigenvalue weighted by Crippen LogP contribution is -2.56. The number of hydrogen-bond acceptors (Lipinski definition) is 3. The van der Waals surface area contributed by atoms with E-state index in [1.54, 1.807) is 0 Å². The van der Waals surface area contributed by atoms with Crippen molar-refractivity contribution < 1.29 is 9.59 Å². The average molecular weight is 339 g/mol. The molecule has 1 aliphatic heterocycles. The van der Waals surface area contributed by atoms with Gasteiger partial charge in [0, 0.05) is 25.7 Å². The van der Waals surface area contributed by atoms with E-state index in [0.717, 1.165) is 12.1 Å². The highest BCUT2D eigenvalue weighted by molar-refractivity contribution is 5.89. The Morgan fingerprint density at radius 1 is 1.24 bits per heavy atom. The van der Waals surface area contributed by atoms with Crippen LogP contribution in [0.3, 0.4) is 0 Å². The summed E-state index contributed by atoms with van der Waals surface area (Å²) in [5.74, 6) is -0.147. The number of carbonyl (C=O) groups is 2. The second-order valence-corrected chi connectivity index (χ2v) is 6.89. The molecule has 0 spiro atoms. The fourth-order valence-corrected chi connectivity index (χ4v) is 3.30. The van der Waals surface area contributed by atoms with Gasteiger partial charge in [-0.05, 0) is 36.2 Å². The van der Waals surface area contributed by atoms with E-state index in [-0.39, 0.29) is 24.3 Å². The lowest BCUT2D eigenvalue weighted by Gasteiger charge is -2.34. The molecule has 25 heavy (non-hydrogen) atoms. The number of piperazine rings is 1. The molecule has 5 nitrogen and oxygen atoms in total. The Labute approximate surface area is 148 Å². The maximum absolute atomic E-state index is 12.3. The zero-order valence-electron chi connectivity index (χ0n) is 14.8. The molecule has 132 valence electrons. The van der Waals surface area contributed by atoms with Crippen molar-refractivity contribution in [1.82, 2.24) is 15.5 Å². The normalized spacial score (nSPS) is 18.4. The van der Waals surface area contributed by atoms with E-state index >= 15 is 0 Å². The summed E-state index contributed by atoms with van der Waals surface area (Å²) in [4.78, 5) is 26.5. The number of fused-ring (bicyclic) bond motifs is 1. The van der Waals surface area contributed by atoms with Gasteiger partial charge in [0.15, 0.2) is 0 Å². The first kappa shape index (κ1) is 17.4. The zero-order valence-corrected chi connectivity index (χ0v) is 14.8. The van der Waals surface area contributed by atoms with Crippen LogP contribution in [0.2, 0.25) is 0 Å². The fraction of sp³-hybridized carbons (Fsp3) is 0.400. The SMILES string of the molecule is CC(C)NC(=O)CC1C(=O)NCCN1Cc1ccc2ccccc2c1. The van der Waals surface area contributed by atoms with E-state index in [1.807, 2.05) is 26.0 Å². The molecule has 5 heteroatoms. The third-order valence-electron chi connectivity index (χ3n) is 4.47. The number of nitrogens with zero attached hydrogens (tertiary/aromatic N) is 1. The Morgan fingerprint density at radius 3 is 2.76 bits per heavy atom. The van der Waals surface area contributed by atoms with E-state index in [9.17, 15) is 9.59 Å². The lowest BCUT2D eigenvalue weighted by molar-refractivity contribution is -0.134. The summed E-state index contributed by atoms with van der Waals surface area (Å²) >= 11 is 0. The van der Waals surface area contributed by atoms with E-state index in [0.29, 0.717) is 13.1 Å². The van der Waals surface area contributed by atoms with Gasteiger partial charge < -0.3 is 10.6 Å². The van der Waals surface area contributed by atoms with Gasteiger partial charge in [0.25, 0.3) is 0 Å². The van der Waals surface area contributed by atoms with Crippen LogP contribution in [0, 0.1) is 0 Å². The maximum Gasteiger partial charge on any atom is 0.237 e. The summed E-state index contributed by atoms with van der Waals surface area (Å²) < 4.78 is 0. The monoisotopic (exact) mass is 339 g/mol. The lowest BCUT2D eigenvalue weighted by atomic mass is 10.0. The van der Waals surface area contributed by atoms with Crippen LogP contribution < -0.4 is 10.6 Å². The molecule has 2 aromatic rings. The molecule has 1 aliphatic rings. The van der Waals surface area contributed by atoms with Crippen molar-refractivity contribution in [2.45, 2.75) is 38.9 Å². The maximum atomic E-state index is 12.3. The third kappa shape index (κ3) is 4.37. The number of benzene rings is 2. The molecule has 1 atom stereocenters. The van der Waals surface area contributed by atoms with Crippen molar-refractivity contribution >= 4 is 22.6 Å². The number of carbonyl (C=O) groups excluding carboxylic acids is 2. The first-order valence-corrected chi connectivity index (χ1v) is 8.82. The van der Waals surface area contributed by atoms with Crippen LogP contribution in [0.15, 0.2) is 42.5 Å². The molecular formula is C20H25N3O2. The summed E-state index contributed by atoms with van der Waals surface area (Å²) in [7, 11) is 0. The van der Waals surface area contributed by atoms with Crippen molar-refractivity contribution in [2.24, 2.45) is 0 Å². The van der Waals surface area contributed by atoms with Crippen LogP contribution in [0.25, 0.3) is 10.8 Å². The Balaban J connectivity index is 1.75. The number of rotatable bonds is 5. The van der Waals surface area contributed by atoms with Crippen molar-refractivity contribution in [1.29, 1.82) is 0 Å². The fourth-order valence-electron chi connectivity index (χ4n) is 3.30. The molecule has 0 radical (unpaired) electrons. The molecule has 3 rings (SSSR count). The van der Waals surface area contributed by atoms with Crippen molar-refractivity contribution in [3.8, 4) is 0 Å². The van der Waals surface area contributed by atoms with Crippen LogP contribution in [-0.4, -0.2) is 41.9 Å². The molecule has 0 bridgehead atoms. The third-order valence-corrected chi connectivity index (χ3v) is 4.47. The molecule has 1 unspecified atom stereocenters. The Morgan fingerprint density at radius 2 is 2.00 bits per heavy atom. The average Bonchev–Trinajstić information content (AvgIpc) is 2.57. The van der Waals surface area contributed by atoms with Gasteiger partial charge in [-0.25, -0.2) is 0 Å². The zero-order chi connectivity index (χ0) is 17.8. The quantitative estimate of drug-likeness (QED) is 0.876. The minimum absolute atomic E-state index is 0.0639. The van der Waals surface area contributed by atoms with E-state index < -0.39 is 6.04 Å². The van der Waals surface area contributed by atoms with Crippen molar-refractivity contribution in [3.05, 3.63) is 48.0 Å². The van der Waals surface area contributed by atoms with E-state index in [4.69, 9.17) is 0 Å². The smallest absolute Gasteiger partial charge is 0.237 e. The van der Waals surface area contributed by atoms with Gasteiger partial charge in [0.1, 0.15) is 0 Å². The van der Waals surface area contributed by atoms with Gasteiger partial charge in [-0.2, -0.15) is 0 Å². The van der Waals surface area contributed by atoms with Gasteiger partial charge in [-0.1, -0.05) is 36.4 Å². The summed E-state index contributed by atoms with van der Waals surface area (Å²) in [6.45, 7) is 5.88. The molecule has 0 saturated carbocycles. The highest BCUT2D eigenvalue weighted by atomic mass is 16.2. The summed E-state index contributed by atoms with van der Waals surface area (Å²) in [6.07, 6.45) is 0.192. The molecule has 2 N–H and O–H groups in total. The summed E-state index contributed by atoms with van der Waals surface area (Å²) in [6, 6.07) is 14.3. The summed E-state index contributed by atoms with van der Waals surface area (Å²) in [5.41, 5.74) is 1.16. The second kappa shape index (κ2) is 7.66. The highest BCUT2D eigenvalue weighted by Gasteiger charge is 2.31. The van der Waals surface area contributed by atoms with Gasteiger partial charge in [0.2, 0.25) is 11.8 Å². The predicted molar refractivity (Wildman–Crippen MR) is 99.1 cm³/mol. The Kier molecular flexibility index (Phi) is 5.34. The van der Waals surface area contributed by atoms with Crippen LogP contribution in [0.5, 0.6) is 0 Å². The molecule has 2 amide bonds. The molecule has 0 aromatic heterocycles. The Bertz CT molecular complexity index is 772.